The van der Waals surface area contributed by atoms with Crippen LogP contribution in [0.15, 0.2) is 12.2 Å². The fourth-order valence-electron chi connectivity index (χ4n) is 2.27. The molecule has 0 radical (unpaired) electrons. The number of likely N-dealkylation sites (tertiary alicyclic amines) is 1. The first-order chi connectivity index (χ1) is 8.34. The van der Waals surface area contributed by atoms with Crippen LogP contribution in [0.25, 0.3) is 0 Å². The van der Waals surface area contributed by atoms with Crippen LogP contribution in [-0.2, 0) is 4.79 Å². The lowest BCUT2D eigenvalue weighted by Crippen LogP contribution is -2.31. The van der Waals surface area contributed by atoms with Crippen molar-refractivity contribution in [3.63, 3.8) is 0 Å². The lowest BCUT2D eigenvalue weighted by molar-refractivity contribution is -0.127. The first-order valence-corrected chi connectivity index (χ1v) is 6.99. The molecule has 0 spiro atoms. The van der Waals surface area contributed by atoms with Crippen molar-refractivity contribution in [2.75, 3.05) is 26.2 Å². The van der Waals surface area contributed by atoms with Crippen LogP contribution in [-0.4, -0.2) is 37.0 Å². The molecule has 0 aliphatic carbocycles. The van der Waals surface area contributed by atoms with Crippen molar-refractivity contribution in [2.45, 2.75) is 40.5 Å². The summed E-state index contributed by atoms with van der Waals surface area (Å²) in [6.45, 7) is 16.3. The Morgan fingerprint density at radius 2 is 2.17 bits per heavy atom. The molecule has 1 saturated heterocycles. The Kier molecular flexibility index (Phi) is 5.39. The largest absolute Gasteiger partial charge is 0.338 e. The van der Waals surface area contributed by atoms with E-state index in [9.17, 15) is 4.79 Å². The summed E-state index contributed by atoms with van der Waals surface area (Å²) in [7, 11) is 0. The molecule has 1 fully saturated rings. The summed E-state index contributed by atoms with van der Waals surface area (Å²) in [4.78, 5) is 13.9. The molecule has 1 unspecified atom stereocenters. The van der Waals surface area contributed by atoms with Crippen molar-refractivity contribution in [3.05, 3.63) is 12.2 Å². The van der Waals surface area contributed by atoms with E-state index in [1.165, 1.54) is 0 Å². The van der Waals surface area contributed by atoms with Crippen LogP contribution in [0.2, 0.25) is 0 Å². The summed E-state index contributed by atoms with van der Waals surface area (Å²) in [6, 6.07) is 0. The maximum absolute atomic E-state index is 12.0. The summed E-state index contributed by atoms with van der Waals surface area (Å²) in [6.07, 6.45) is 1.82. The summed E-state index contributed by atoms with van der Waals surface area (Å²) >= 11 is 0. The molecule has 0 aromatic heterocycles. The molecule has 1 rings (SSSR count). The zero-order chi connectivity index (χ0) is 13.8. The zero-order valence-corrected chi connectivity index (χ0v) is 12.4. The van der Waals surface area contributed by atoms with E-state index < -0.39 is 0 Å². The van der Waals surface area contributed by atoms with Gasteiger partial charge in [0.05, 0.1) is 0 Å². The van der Waals surface area contributed by atoms with Crippen LogP contribution < -0.4 is 5.32 Å². The molecule has 1 amide bonds. The molecule has 3 nitrogen and oxygen atoms in total. The van der Waals surface area contributed by atoms with Gasteiger partial charge in [0.25, 0.3) is 0 Å². The zero-order valence-electron chi connectivity index (χ0n) is 12.4. The molecule has 18 heavy (non-hydrogen) atoms. The van der Waals surface area contributed by atoms with Crippen molar-refractivity contribution in [1.29, 1.82) is 0 Å². The van der Waals surface area contributed by atoms with Crippen molar-refractivity contribution >= 4 is 5.91 Å². The molecular weight excluding hydrogens is 224 g/mol. The van der Waals surface area contributed by atoms with Crippen LogP contribution in [0, 0.1) is 11.3 Å². The van der Waals surface area contributed by atoms with Gasteiger partial charge >= 0.3 is 0 Å². The third kappa shape index (κ3) is 4.45. The Morgan fingerprint density at radius 3 is 2.67 bits per heavy atom. The average molecular weight is 252 g/mol. The average Bonchev–Trinajstić information content (AvgIpc) is 2.60. The highest BCUT2D eigenvalue weighted by atomic mass is 16.2. The van der Waals surface area contributed by atoms with Gasteiger partial charge in [-0.15, -0.1) is 0 Å². The second-order valence-corrected chi connectivity index (χ2v) is 6.47. The minimum atomic E-state index is 0.214. The van der Waals surface area contributed by atoms with Gasteiger partial charge in [0.15, 0.2) is 0 Å². The third-order valence-electron chi connectivity index (χ3n) is 3.66. The number of rotatable bonds is 6. The van der Waals surface area contributed by atoms with E-state index in [2.05, 4.69) is 39.6 Å². The second kappa shape index (κ2) is 6.37. The van der Waals surface area contributed by atoms with Gasteiger partial charge in [0.1, 0.15) is 0 Å². The Balaban J connectivity index is 2.39. The van der Waals surface area contributed by atoms with Gasteiger partial charge in [-0.25, -0.2) is 0 Å². The Bertz CT molecular complexity index is 304. The van der Waals surface area contributed by atoms with Crippen LogP contribution in [0.3, 0.4) is 0 Å². The number of nitrogens with zero attached hydrogens (tertiary/aromatic N) is 1. The lowest BCUT2D eigenvalue weighted by Gasteiger charge is -2.26. The normalized spacial score (nSPS) is 20.6. The van der Waals surface area contributed by atoms with Gasteiger partial charge in [-0.1, -0.05) is 34.3 Å². The molecule has 104 valence electrons. The summed E-state index contributed by atoms with van der Waals surface area (Å²) in [5.74, 6) is 0.757. The monoisotopic (exact) mass is 252 g/mol. The number of carbonyl (C=O) groups is 1. The SMILES string of the molecule is C=C(CNCCC)CN1CC(C(C)(C)C)CC1=O. The van der Waals surface area contributed by atoms with E-state index in [0.29, 0.717) is 18.9 Å². The number of carbonyl (C=O) groups excluding carboxylic acids is 1. The number of amides is 1. The quantitative estimate of drug-likeness (QED) is 0.582. The molecule has 1 aliphatic rings. The van der Waals surface area contributed by atoms with E-state index in [4.69, 9.17) is 0 Å². The Hall–Kier alpha value is -0.830. The first-order valence-electron chi connectivity index (χ1n) is 6.99. The lowest BCUT2D eigenvalue weighted by atomic mass is 9.80. The Labute approximate surface area is 112 Å². The molecule has 0 aromatic rings. The third-order valence-corrected chi connectivity index (χ3v) is 3.66. The van der Waals surface area contributed by atoms with Crippen LogP contribution in [0.4, 0.5) is 0 Å². The van der Waals surface area contributed by atoms with E-state index in [-0.39, 0.29) is 11.3 Å². The van der Waals surface area contributed by atoms with Gasteiger partial charge in [0, 0.05) is 26.1 Å². The molecule has 0 bridgehead atoms. The van der Waals surface area contributed by atoms with Crippen molar-refractivity contribution < 1.29 is 4.79 Å². The molecule has 0 aromatic carbocycles. The smallest absolute Gasteiger partial charge is 0.223 e. The van der Waals surface area contributed by atoms with Crippen LogP contribution >= 0.6 is 0 Å². The number of hydrogen-bond donors (Lipinski definition) is 1. The van der Waals surface area contributed by atoms with Gasteiger partial charge in [-0.3, -0.25) is 4.79 Å². The molecular formula is C15H28N2O. The highest BCUT2D eigenvalue weighted by molar-refractivity contribution is 5.79. The molecule has 1 atom stereocenters. The van der Waals surface area contributed by atoms with E-state index in [0.717, 1.165) is 31.6 Å². The minimum absolute atomic E-state index is 0.214. The van der Waals surface area contributed by atoms with E-state index in [1.807, 2.05) is 4.90 Å². The molecule has 1 N–H and O–H groups in total. The van der Waals surface area contributed by atoms with Gasteiger partial charge < -0.3 is 10.2 Å². The Morgan fingerprint density at radius 1 is 1.50 bits per heavy atom. The van der Waals surface area contributed by atoms with Crippen LogP contribution in [0.5, 0.6) is 0 Å². The summed E-state index contributed by atoms with van der Waals surface area (Å²) in [5, 5.41) is 3.33. The fraction of sp³-hybridized carbons (Fsp3) is 0.800. The van der Waals surface area contributed by atoms with Gasteiger partial charge in [0.2, 0.25) is 5.91 Å². The standard InChI is InChI=1S/C15H28N2O/c1-6-7-16-9-12(2)10-17-11-13(8-14(17)18)15(3,4)5/h13,16H,2,6-11H2,1,3-5H3. The van der Waals surface area contributed by atoms with E-state index in [1.54, 1.807) is 0 Å². The van der Waals surface area contributed by atoms with Crippen molar-refractivity contribution in [3.8, 4) is 0 Å². The summed E-state index contributed by atoms with van der Waals surface area (Å²) in [5.41, 5.74) is 1.32. The van der Waals surface area contributed by atoms with Crippen LogP contribution in [0.1, 0.15) is 40.5 Å². The maximum Gasteiger partial charge on any atom is 0.223 e. The van der Waals surface area contributed by atoms with E-state index >= 15 is 0 Å². The predicted molar refractivity (Wildman–Crippen MR) is 76.4 cm³/mol. The topological polar surface area (TPSA) is 32.3 Å². The maximum atomic E-state index is 12.0. The fourth-order valence-corrected chi connectivity index (χ4v) is 2.27. The molecule has 3 heteroatoms. The van der Waals surface area contributed by atoms with Gasteiger partial charge in [-0.2, -0.15) is 0 Å². The first kappa shape index (κ1) is 15.2. The van der Waals surface area contributed by atoms with Crippen molar-refractivity contribution in [2.24, 2.45) is 11.3 Å². The minimum Gasteiger partial charge on any atom is -0.338 e. The molecule has 0 saturated carbocycles. The van der Waals surface area contributed by atoms with Gasteiger partial charge in [-0.05, 0) is 29.9 Å². The number of nitrogens with one attached hydrogen (secondary N) is 1. The highest BCUT2D eigenvalue weighted by Gasteiger charge is 2.36. The predicted octanol–water partition coefficient (Wildman–Crippen LogP) is 2.44. The number of hydrogen-bond acceptors (Lipinski definition) is 2. The second-order valence-electron chi connectivity index (χ2n) is 6.47. The summed E-state index contributed by atoms with van der Waals surface area (Å²) < 4.78 is 0. The highest BCUT2D eigenvalue weighted by Crippen LogP contribution is 2.34. The molecule has 1 aliphatic heterocycles. The van der Waals surface area contributed by atoms with Crippen molar-refractivity contribution in [1.82, 2.24) is 10.2 Å². The molecule has 1 heterocycles.